The Morgan fingerprint density at radius 2 is 2.05 bits per heavy atom. The second-order valence-electron chi connectivity index (χ2n) is 4.36. The molecule has 7 heteroatoms. The Morgan fingerprint density at radius 3 is 2.53 bits per heavy atom. The van der Waals surface area contributed by atoms with Gasteiger partial charge in [-0.25, -0.2) is 0 Å². The molecule has 1 amide bonds. The molecule has 0 bridgehead atoms. The summed E-state index contributed by atoms with van der Waals surface area (Å²) in [5.41, 5.74) is 5.54. The number of nitro benzene ring substituents is 1. The number of ether oxygens (including phenoxy) is 1. The summed E-state index contributed by atoms with van der Waals surface area (Å²) in [7, 11) is 1.42. The molecule has 2 N–H and O–H groups in total. The molecule has 1 heterocycles. The van der Waals surface area contributed by atoms with Crippen LogP contribution in [0.5, 0.6) is 5.75 Å². The average Bonchev–Trinajstić information content (AvgIpc) is 2.90. The van der Waals surface area contributed by atoms with Crippen LogP contribution >= 0.6 is 0 Å². The zero-order chi connectivity index (χ0) is 14.0. The summed E-state index contributed by atoms with van der Waals surface area (Å²) >= 11 is 0. The van der Waals surface area contributed by atoms with Crippen molar-refractivity contribution < 1.29 is 14.5 Å². The van der Waals surface area contributed by atoms with Crippen molar-refractivity contribution in [2.75, 3.05) is 25.1 Å². The van der Waals surface area contributed by atoms with E-state index in [1.165, 1.54) is 19.2 Å². The van der Waals surface area contributed by atoms with Gasteiger partial charge in [0.1, 0.15) is 5.75 Å². The summed E-state index contributed by atoms with van der Waals surface area (Å²) in [5, 5.41) is 11.2. The van der Waals surface area contributed by atoms with E-state index < -0.39 is 10.8 Å². The highest BCUT2D eigenvalue weighted by molar-refractivity contribution is 5.95. The number of nitro groups is 1. The molecule has 1 aliphatic heterocycles. The van der Waals surface area contributed by atoms with Gasteiger partial charge in [0.15, 0.2) is 5.69 Å². The molecule has 0 unspecified atom stereocenters. The van der Waals surface area contributed by atoms with E-state index in [0.29, 0.717) is 11.4 Å². The summed E-state index contributed by atoms with van der Waals surface area (Å²) in [4.78, 5) is 23.8. The van der Waals surface area contributed by atoms with Gasteiger partial charge in [0, 0.05) is 24.7 Å². The Bertz CT molecular complexity index is 524. The molecule has 19 heavy (non-hydrogen) atoms. The fourth-order valence-corrected chi connectivity index (χ4v) is 2.29. The monoisotopic (exact) mass is 265 g/mol. The first-order chi connectivity index (χ1) is 9.04. The number of nitrogens with two attached hydrogens (primary N) is 1. The van der Waals surface area contributed by atoms with Crippen LogP contribution in [0.15, 0.2) is 12.1 Å². The molecule has 1 fully saturated rings. The fourth-order valence-electron chi connectivity index (χ4n) is 2.29. The lowest BCUT2D eigenvalue weighted by atomic mass is 10.1. The number of amides is 1. The first kappa shape index (κ1) is 13.1. The van der Waals surface area contributed by atoms with E-state index in [1.807, 2.05) is 4.90 Å². The van der Waals surface area contributed by atoms with E-state index in [1.54, 1.807) is 0 Å². The van der Waals surface area contributed by atoms with Crippen LogP contribution in [-0.4, -0.2) is 31.0 Å². The number of hydrogen-bond donors (Lipinski definition) is 1. The lowest BCUT2D eigenvalue weighted by Gasteiger charge is -2.20. The maximum Gasteiger partial charge on any atom is 0.297 e. The van der Waals surface area contributed by atoms with Crippen molar-refractivity contribution in [2.24, 2.45) is 5.73 Å². The molecule has 0 radical (unpaired) electrons. The number of rotatable bonds is 4. The Morgan fingerprint density at radius 1 is 1.42 bits per heavy atom. The molecular formula is C12H15N3O4. The van der Waals surface area contributed by atoms with Crippen molar-refractivity contribution in [3.8, 4) is 5.75 Å². The average molecular weight is 265 g/mol. The summed E-state index contributed by atoms with van der Waals surface area (Å²) in [6.45, 7) is 1.49. The van der Waals surface area contributed by atoms with Crippen molar-refractivity contribution in [1.29, 1.82) is 0 Å². The summed E-state index contributed by atoms with van der Waals surface area (Å²) in [6.07, 6.45) is 1.97. The van der Waals surface area contributed by atoms with Crippen molar-refractivity contribution >= 4 is 17.3 Å². The van der Waals surface area contributed by atoms with Crippen LogP contribution in [0.1, 0.15) is 23.2 Å². The molecule has 0 aromatic heterocycles. The number of benzene rings is 1. The van der Waals surface area contributed by atoms with Crippen molar-refractivity contribution in [3.63, 3.8) is 0 Å². The number of anilines is 1. The third-order valence-electron chi connectivity index (χ3n) is 3.18. The second-order valence-corrected chi connectivity index (χ2v) is 4.36. The first-order valence-corrected chi connectivity index (χ1v) is 5.95. The highest BCUT2D eigenvalue weighted by Crippen LogP contribution is 2.40. The van der Waals surface area contributed by atoms with Crippen LogP contribution < -0.4 is 15.4 Å². The van der Waals surface area contributed by atoms with Crippen molar-refractivity contribution in [2.45, 2.75) is 12.8 Å². The van der Waals surface area contributed by atoms with Gasteiger partial charge in [-0.1, -0.05) is 0 Å². The minimum Gasteiger partial charge on any atom is -0.494 e. The van der Waals surface area contributed by atoms with Crippen LogP contribution in [0.2, 0.25) is 0 Å². The van der Waals surface area contributed by atoms with E-state index in [4.69, 9.17) is 10.5 Å². The maximum atomic E-state index is 11.2. The zero-order valence-electron chi connectivity index (χ0n) is 10.6. The molecule has 0 saturated carbocycles. The van der Waals surface area contributed by atoms with E-state index >= 15 is 0 Å². The van der Waals surface area contributed by atoms with Gasteiger partial charge < -0.3 is 15.4 Å². The number of hydrogen-bond acceptors (Lipinski definition) is 5. The van der Waals surface area contributed by atoms with Crippen molar-refractivity contribution in [1.82, 2.24) is 0 Å². The quantitative estimate of drug-likeness (QED) is 0.653. The van der Waals surface area contributed by atoms with Gasteiger partial charge in [0.2, 0.25) is 5.91 Å². The molecule has 102 valence electrons. The van der Waals surface area contributed by atoms with Gasteiger partial charge >= 0.3 is 0 Å². The standard InChI is InChI=1S/C12H15N3O4/c1-19-10-7-8(12(13)16)6-9(15(17)18)11(10)14-4-2-3-5-14/h6-7H,2-5H2,1H3,(H2,13,16). The zero-order valence-corrected chi connectivity index (χ0v) is 10.6. The molecule has 1 aromatic carbocycles. The van der Waals surface area contributed by atoms with E-state index in [0.717, 1.165) is 25.9 Å². The molecule has 1 saturated heterocycles. The summed E-state index contributed by atoms with van der Waals surface area (Å²) in [5.74, 6) is -0.403. The predicted octanol–water partition coefficient (Wildman–Crippen LogP) is 1.30. The van der Waals surface area contributed by atoms with Crippen LogP contribution in [0.3, 0.4) is 0 Å². The predicted molar refractivity (Wildman–Crippen MR) is 69.6 cm³/mol. The lowest BCUT2D eigenvalue weighted by molar-refractivity contribution is -0.384. The molecule has 1 aliphatic rings. The van der Waals surface area contributed by atoms with E-state index in [2.05, 4.69) is 0 Å². The smallest absolute Gasteiger partial charge is 0.297 e. The Hall–Kier alpha value is -2.31. The van der Waals surface area contributed by atoms with Gasteiger partial charge in [-0.05, 0) is 18.9 Å². The number of nitrogens with zero attached hydrogens (tertiary/aromatic N) is 2. The second kappa shape index (κ2) is 5.13. The van der Waals surface area contributed by atoms with Gasteiger partial charge in [-0.2, -0.15) is 0 Å². The molecule has 2 rings (SSSR count). The highest BCUT2D eigenvalue weighted by atomic mass is 16.6. The van der Waals surface area contributed by atoms with Crippen molar-refractivity contribution in [3.05, 3.63) is 27.8 Å². The number of primary amides is 1. The fraction of sp³-hybridized carbons (Fsp3) is 0.417. The maximum absolute atomic E-state index is 11.2. The molecule has 1 aromatic rings. The Labute approximate surface area is 110 Å². The third kappa shape index (κ3) is 2.44. The van der Waals surface area contributed by atoms with Crippen LogP contribution in [0.4, 0.5) is 11.4 Å². The molecule has 0 aliphatic carbocycles. The van der Waals surface area contributed by atoms with E-state index in [-0.39, 0.29) is 11.3 Å². The number of carbonyl (C=O) groups is 1. The SMILES string of the molecule is COc1cc(C(N)=O)cc([N+](=O)[O-])c1N1CCCC1. The molecule has 0 atom stereocenters. The highest BCUT2D eigenvalue weighted by Gasteiger charge is 2.28. The molecular weight excluding hydrogens is 250 g/mol. The normalized spacial score (nSPS) is 14.5. The Balaban J connectivity index is 2.60. The van der Waals surface area contributed by atoms with Gasteiger partial charge in [0.05, 0.1) is 12.0 Å². The van der Waals surface area contributed by atoms with E-state index in [9.17, 15) is 14.9 Å². The van der Waals surface area contributed by atoms with Crippen LogP contribution in [-0.2, 0) is 0 Å². The first-order valence-electron chi connectivity index (χ1n) is 5.95. The molecule has 7 nitrogen and oxygen atoms in total. The number of methoxy groups -OCH3 is 1. The topological polar surface area (TPSA) is 98.7 Å². The lowest BCUT2D eigenvalue weighted by Crippen LogP contribution is -2.21. The third-order valence-corrected chi connectivity index (χ3v) is 3.18. The minimum atomic E-state index is -0.714. The van der Waals surface area contributed by atoms with Crippen LogP contribution in [0, 0.1) is 10.1 Å². The Kier molecular flexibility index (Phi) is 3.55. The van der Waals surface area contributed by atoms with Gasteiger partial charge in [-0.3, -0.25) is 14.9 Å². The van der Waals surface area contributed by atoms with Crippen LogP contribution in [0.25, 0.3) is 0 Å². The minimum absolute atomic E-state index is 0.0755. The largest absolute Gasteiger partial charge is 0.494 e. The van der Waals surface area contributed by atoms with Gasteiger partial charge in [-0.15, -0.1) is 0 Å². The summed E-state index contributed by atoms with van der Waals surface area (Å²) in [6, 6.07) is 2.65. The van der Waals surface area contributed by atoms with Gasteiger partial charge in [0.25, 0.3) is 5.69 Å². The summed E-state index contributed by atoms with van der Waals surface area (Å²) < 4.78 is 5.19. The number of carbonyl (C=O) groups excluding carboxylic acids is 1. The molecule has 0 spiro atoms.